The SMILES string of the molecule is CCC(C)C(O[Si](C)(OC)OC)C1CCC2OC2C1. The molecule has 0 aromatic rings. The molecular weight excluding hydrogens is 260 g/mol. The van der Waals surface area contributed by atoms with Gasteiger partial charge in [0, 0.05) is 20.8 Å². The van der Waals surface area contributed by atoms with Crippen molar-refractivity contribution in [2.75, 3.05) is 14.2 Å². The van der Waals surface area contributed by atoms with Crippen molar-refractivity contribution in [2.45, 2.75) is 64.4 Å². The summed E-state index contributed by atoms with van der Waals surface area (Å²) >= 11 is 0. The van der Waals surface area contributed by atoms with E-state index in [-0.39, 0.29) is 6.10 Å². The van der Waals surface area contributed by atoms with Crippen molar-refractivity contribution in [1.82, 2.24) is 0 Å². The van der Waals surface area contributed by atoms with E-state index in [4.69, 9.17) is 18.0 Å². The first-order valence-corrected chi connectivity index (χ1v) is 9.69. The molecule has 0 N–H and O–H groups in total. The summed E-state index contributed by atoms with van der Waals surface area (Å²) in [6, 6.07) is 0. The average molecular weight is 288 g/mol. The molecule has 5 unspecified atom stereocenters. The standard InChI is InChI=1S/C14H28O4Si/c1-6-10(2)14(18-19(5,15-3)16-4)11-7-8-12-13(9-11)17-12/h10-14H,6-9H2,1-5H3. The second-order valence-electron chi connectivity index (χ2n) is 6.02. The second-order valence-corrected chi connectivity index (χ2v) is 8.80. The molecule has 19 heavy (non-hydrogen) atoms. The summed E-state index contributed by atoms with van der Waals surface area (Å²) in [6.07, 6.45) is 5.91. The largest absolute Gasteiger partial charge is 0.497 e. The van der Waals surface area contributed by atoms with Crippen LogP contribution in [0, 0.1) is 11.8 Å². The third-order valence-corrected chi connectivity index (χ3v) is 6.99. The topological polar surface area (TPSA) is 40.2 Å². The van der Waals surface area contributed by atoms with Gasteiger partial charge in [0.15, 0.2) is 0 Å². The van der Waals surface area contributed by atoms with Crippen LogP contribution < -0.4 is 0 Å². The average Bonchev–Trinajstić information content (AvgIpc) is 3.22. The van der Waals surface area contributed by atoms with E-state index in [1.807, 2.05) is 6.55 Å². The molecule has 0 spiro atoms. The van der Waals surface area contributed by atoms with Crippen molar-refractivity contribution in [2.24, 2.45) is 11.8 Å². The van der Waals surface area contributed by atoms with Gasteiger partial charge in [-0.05, 0) is 31.1 Å². The van der Waals surface area contributed by atoms with Crippen molar-refractivity contribution < 1.29 is 18.0 Å². The molecular formula is C14H28O4Si. The van der Waals surface area contributed by atoms with Crippen LogP contribution >= 0.6 is 0 Å². The molecule has 0 aromatic heterocycles. The van der Waals surface area contributed by atoms with E-state index < -0.39 is 8.80 Å². The summed E-state index contributed by atoms with van der Waals surface area (Å²) < 4.78 is 23.0. The highest BCUT2D eigenvalue weighted by Gasteiger charge is 2.48. The lowest BCUT2D eigenvalue weighted by molar-refractivity contribution is -0.00602. The van der Waals surface area contributed by atoms with Gasteiger partial charge in [0.1, 0.15) is 0 Å². The normalized spacial score (nSPS) is 33.6. The Bertz CT molecular complexity index is 295. The zero-order valence-electron chi connectivity index (χ0n) is 12.8. The van der Waals surface area contributed by atoms with Crippen LogP contribution in [0.25, 0.3) is 0 Å². The van der Waals surface area contributed by atoms with Crippen molar-refractivity contribution in [3.8, 4) is 0 Å². The van der Waals surface area contributed by atoms with Crippen LogP contribution in [-0.2, 0) is 18.0 Å². The molecule has 1 aliphatic heterocycles. The van der Waals surface area contributed by atoms with Gasteiger partial charge in [-0.25, -0.2) is 0 Å². The van der Waals surface area contributed by atoms with Gasteiger partial charge in [-0.15, -0.1) is 0 Å². The maximum atomic E-state index is 6.33. The highest BCUT2D eigenvalue weighted by Crippen LogP contribution is 2.43. The molecule has 0 radical (unpaired) electrons. The number of fused-ring (bicyclic) bond motifs is 1. The Labute approximate surface area is 118 Å². The maximum absolute atomic E-state index is 6.33. The van der Waals surface area contributed by atoms with Crippen LogP contribution in [0.4, 0.5) is 0 Å². The van der Waals surface area contributed by atoms with Crippen molar-refractivity contribution >= 4 is 8.80 Å². The van der Waals surface area contributed by atoms with Gasteiger partial charge >= 0.3 is 8.80 Å². The lowest BCUT2D eigenvalue weighted by atomic mass is 9.80. The van der Waals surface area contributed by atoms with Gasteiger partial charge in [-0.3, -0.25) is 0 Å². The zero-order valence-corrected chi connectivity index (χ0v) is 13.8. The third-order valence-electron chi connectivity index (χ3n) is 4.81. The molecule has 1 saturated carbocycles. The van der Waals surface area contributed by atoms with Crippen LogP contribution in [0.5, 0.6) is 0 Å². The molecule has 2 fully saturated rings. The Morgan fingerprint density at radius 1 is 1.21 bits per heavy atom. The molecule has 1 heterocycles. The van der Waals surface area contributed by atoms with Crippen LogP contribution in [0.2, 0.25) is 6.55 Å². The van der Waals surface area contributed by atoms with Gasteiger partial charge in [0.2, 0.25) is 0 Å². The number of ether oxygens (including phenoxy) is 1. The fraction of sp³-hybridized carbons (Fsp3) is 1.00. The summed E-state index contributed by atoms with van der Waals surface area (Å²) in [4.78, 5) is 0. The monoisotopic (exact) mass is 288 g/mol. The van der Waals surface area contributed by atoms with E-state index >= 15 is 0 Å². The Kier molecular flexibility index (Phi) is 5.06. The Hall–Kier alpha value is 0.0569. The first-order chi connectivity index (χ1) is 9.03. The van der Waals surface area contributed by atoms with Crippen LogP contribution in [0.15, 0.2) is 0 Å². The number of rotatable bonds is 7. The molecule has 1 saturated heterocycles. The van der Waals surface area contributed by atoms with E-state index in [1.165, 1.54) is 12.8 Å². The first-order valence-electron chi connectivity index (χ1n) is 7.46. The van der Waals surface area contributed by atoms with E-state index in [9.17, 15) is 0 Å². The fourth-order valence-electron chi connectivity index (χ4n) is 3.07. The maximum Gasteiger partial charge on any atom is 0.497 e. The van der Waals surface area contributed by atoms with Crippen molar-refractivity contribution in [3.63, 3.8) is 0 Å². The summed E-state index contributed by atoms with van der Waals surface area (Å²) in [5, 5.41) is 0. The van der Waals surface area contributed by atoms with Crippen LogP contribution in [0.1, 0.15) is 39.5 Å². The van der Waals surface area contributed by atoms with Gasteiger partial charge in [-0.1, -0.05) is 20.3 Å². The Balaban J connectivity index is 2.02. The minimum Gasteiger partial charge on any atom is -0.377 e. The summed E-state index contributed by atoms with van der Waals surface area (Å²) in [5.41, 5.74) is 0. The fourth-order valence-corrected chi connectivity index (χ4v) is 4.35. The molecule has 5 atom stereocenters. The molecule has 112 valence electrons. The number of hydrogen-bond acceptors (Lipinski definition) is 4. The molecule has 2 rings (SSSR count). The van der Waals surface area contributed by atoms with Crippen LogP contribution in [-0.4, -0.2) is 41.3 Å². The minimum absolute atomic E-state index is 0.228. The quantitative estimate of drug-likeness (QED) is 0.533. The zero-order chi connectivity index (χ0) is 14.0. The van der Waals surface area contributed by atoms with E-state index in [0.717, 1.165) is 12.8 Å². The lowest BCUT2D eigenvalue weighted by Crippen LogP contribution is -2.48. The highest BCUT2D eigenvalue weighted by atomic mass is 28.4. The number of hydrogen-bond donors (Lipinski definition) is 0. The Morgan fingerprint density at radius 2 is 1.89 bits per heavy atom. The van der Waals surface area contributed by atoms with Gasteiger partial charge in [0.05, 0.1) is 18.3 Å². The summed E-state index contributed by atoms with van der Waals surface area (Å²) in [7, 11) is 0.897. The Morgan fingerprint density at radius 3 is 2.42 bits per heavy atom. The first kappa shape index (κ1) is 15.4. The van der Waals surface area contributed by atoms with Gasteiger partial charge in [-0.2, -0.15) is 0 Å². The molecule has 2 aliphatic rings. The molecule has 0 aromatic carbocycles. The molecule has 5 heteroatoms. The predicted octanol–water partition coefficient (Wildman–Crippen LogP) is 2.85. The van der Waals surface area contributed by atoms with E-state index in [2.05, 4.69) is 13.8 Å². The molecule has 4 nitrogen and oxygen atoms in total. The minimum atomic E-state index is -2.47. The van der Waals surface area contributed by atoms with E-state index in [0.29, 0.717) is 24.0 Å². The summed E-state index contributed by atoms with van der Waals surface area (Å²) in [5.74, 6) is 1.10. The number of epoxide rings is 1. The highest BCUT2D eigenvalue weighted by molar-refractivity contribution is 6.59. The summed E-state index contributed by atoms with van der Waals surface area (Å²) in [6.45, 7) is 6.46. The van der Waals surface area contributed by atoms with Crippen molar-refractivity contribution in [3.05, 3.63) is 0 Å². The van der Waals surface area contributed by atoms with Gasteiger partial charge < -0.3 is 18.0 Å². The smallest absolute Gasteiger partial charge is 0.377 e. The van der Waals surface area contributed by atoms with Gasteiger partial charge in [0.25, 0.3) is 0 Å². The molecule has 1 aliphatic carbocycles. The second kappa shape index (κ2) is 6.22. The van der Waals surface area contributed by atoms with E-state index in [1.54, 1.807) is 14.2 Å². The third kappa shape index (κ3) is 3.58. The molecule has 0 amide bonds. The molecule has 0 bridgehead atoms. The van der Waals surface area contributed by atoms with Crippen LogP contribution in [0.3, 0.4) is 0 Å². The lowest BCUT2D eigenvalue weighted by Gasteiger charge is -2.37. The predicted molar refractivity (Wildman–Crippen MR) is 76.0 cm³/mol. The van der Waals surface area contributed by atoms with Crippen molar-refractivity contribution in [1.29, 1.82) is 0 Å².